The van der Waals surface area contributed by atoms with Gasteiger partial charge in [0, 0.05) is 17.3 Å². The van der Waals surface area contributed by atoms with Crippen LogP contribution in [0.3, 0.4) is 0 Å². The third kappa shape index (κ3) is 5.03. The maximum Gasteiger partial charge on any atom is 0.273 e. The van der Waals surface area contributed by atoms with Gasteiger partial charge in [-0.25, -0.2) is 0 Å². The maximum absolute atomic E-state index is 13.3. The largest absolute Gasteiger partial charge is 0.352 e. The van der Waals surface area contributed by atoms with Gasteiger partial charge in [0.15, 0.2) is 11.5 Å². The van der Waals surface area contributed by atoms with Gasteiger partial charge in [-0.3, -0.25) is 19.1 Å². The van der Waals surface area contributed by atoms with Crippen LogP contribution >= 0.6 is 0 Å². The number of benzene rings is 1. The number of carbonyl (C=O) groups is 3. The fraction of sp³-hybridized carbons (Fsp3) is 0.600. The van der Waals surface area contributed by atoms with Crippen LogP contribution in [-0.4, -0.2) is 39.5 Å². The molecule has 1 aromatic heterocycles. The van der Waals surface area contributed by atoms with E-state index in [-0.39, 0.29) is 35.9 Å². The van der Waals surface area contributed by atoms with Crippen LogP contribution in [0.15, 0.2) is 24.3 Å². The van der Waals surface area contributed by atoms with Gasteiger partial charge in [-0.05, 0) is 37.2 Å². The molecule has 2 amide bonds. The first-order valence-corrected chi connectivity index (χ1v) is 11.8. The predicted octanol–water partition coefficient (Wildman–Crippen LogP) is 3.61. The van der Waals surface area contributed by atoms with Gasteiger partial charge >= 0.3 is 0 Å². The fourth-order valence-corrected chi connectivity index (χ4v) is 4.50. The van der Waals surface area contributed by atoms with Crippen molar-refractivity contribution in [3.63, 3.8) is 0 Å². The van der Waals surface area contributed by atoms with E-state index in [1.165, 1.54) is 6.42 Å². The summed E-state index contributed by atoms with van der Waals surface area (Å²) in [7, 11) is 0. The highest BCUT2D eigenvalue weighted by atomic mass is 16.2. The van der Waals surface area contributed by atoms with E-state index in [2.05, 4.69) is 15.7 Å². The number of amides is 2. The molecule has 2 aliphatic carbocycles. The highest BCUT2D eigenvalue weighted by molar-refractivity contribution is 6.06. The number of hydrogen-bond acceptors (Lipinski definition) is 4. The lowest BCUT2D eigenvalue weighted by Crippen LogP contribution is -2.54. The number of carbonyl (C=O) groups excluding carboxylic acids is 3. The first kappa shape index (κ1) is 22.5. The molecule has 0 saturated heterocycles. The first-order valence-electron chi connectivity index (χ1n) is 11.8. The Hall–Kier alpha value is -2.70. The van der Waals surface area contributed by atoms with Gasteiger partial charge in [0.25, 0.3) is 5.91 Å². The van der Waals surface area contributed by atoms with Crippen molar-refractivity contribution in [2.24, 2.45) is 11.3 Å². The zero-order valence-corrected chi connectivity index (χ0v) is 19.3. The maximum atomic E-state index is 13.3. The summed E-state index contributed by atoms with van der Waals surface area (Å²) < 4.78 is 1.65. The molecule has 4 rings (SSSR count). The van der Waals surface area contributed by atoms with Crippen LogP contribution in [0.1, 0.15) is 76.2 Å². The molecule has 0 unspecified atom stereocenters. The van der Waals surface area contributed by atoms with E-state index in [1.54, 1.807) is 4.68 Å². The molecule has 1 atom stereocenters. The lowest BCUT2D eigenvalue weighted by atomic mass is 9.86. The van der Waals surface area contributed by atoms with Gasteiger partial charge in [-0.2, -0.15) is 5.10 Å². The van der Waals surface area contributed by atoms with Crippen LogP contribution in [0.5, 0.6) is 0 Å². The van der Waals surface area contributed by atoms with Crippen LogP contribution in [0, 0.1) is 11.3 Å². The molecule has 1 heterocycles. The zero-order chi connectivity index (χ0) is 22.9. The van der Waals surface area contributed by atoms with Gasteiger partial charge in [-0.15, -0.1) is 0 Å². The molecule has 2 aromatic rings. The average molecular weight is 439 g/mol. The van der Waals surface area contributed by atoms with Crippen LogP contribution in [0.25, 0.3) is 10.9 Å². The summed E-state index contributed by atoms with van der Waals surface area (Å²) in [6.07, 6.45) is 7.24. The SMILES string of the molecule is CC(C)(C)[C@H](NC(=O)c1nn(CC(=O)C2CCCCC2)c2ccccc12)C(=O)NC1CC1. The third-order valence-corrected chi connectivity index (χ3v) is 6.57. The van der Waals surface area contributed by atoms with Crippen molar-refractivity contribution in [2.75, 3.05) is 0 Å². The molecular formula is C25H34N4O3. The fourth-order valence-electron chi connectivity index (χ4n) is 4.50. The molecule has 172 valence electrons. The van der Waals surface area contributed by atoms with E-state index >= 15 is 0 Å². The van der Waals surface area contributed by atoms with E-state index in [1.807, 2.05) is 45.0 Å². The number of nitrogens with one attached hydrogen (secondary N) is 2. The molecular weight excluding hydrogens is 404 g/mol. The summed E-state index contributed by atoms with van der Waals surface area (Å²) in [6.45, 7) is 5.97. The van der Waals surface area contributed by atoms with Crippen LogP contribution < -0.4 is 10.6 Å². The van der Waals surface area contributed by atoms with Gasteiger partial charge in [0.2, 0.25) is 5.91 Å². The molecule has 2 fully saturated rings. The van der Waals surface area contributed by atoms with Crippen LogP contribution in [-0.2, 0) is 16.1 Å². The number of Topliss-reactive ketones (excluding diaryl/α,β-unsaturated/α-hetero) is 1. The van der Waals surface area contributed by atoms with Crippen molar-refractivity contribution in [1.29, 1.82) is 0 Å². The second-order valence-electron chi connectivity index (χ2n) is 10.4. The van der Waals surface area contributed by atoms with Crippen molar-refractivity contribution in [3.8, 4) is 0 Å². The number of nitrogens with zero attached hydrogens (tertiary/aromatic N) is 2. The summed E-state index contributed by atoms with van der Waals surface area (Å²) in [5.74, 6) is -0.290. The molecule has 7 heteroatoms. The lowest BCUT2D eigenvalue weighted by molar-refractivity contribution is -0.125. The number of hydrogen-bond donors (Lipinski definition) is 2. The Labute approximate surface area is 189 Å². The summed E-state index contributed by atoms with van der Waals surface area (Å²) in [4.78, 5) is 39.0. The van der Waals surface area contributed by atoms with Crippen molar-refractivity contribution in [3.05, 3.63) is 30.0 Å². The molecule has 0 bridgehead atoms. The highest BCUT2D eigenvalue weighted by Gasteiger charge is 2.36. The Bertz CT molecular complexity index is 1010. The molecule has 2 aliphatic rings. The van der Waals surface area contributed by atoms with Gasteiger partial charge in [0.05, 0.1) is 5.52 Å². The molecule has 0 aliphatic heterocycles. The smallest absolute Gasteiger partial charge is 0.273 e. The van der Waals surface area contributed by atoms with Crippen LogP contribution in [0.2, 0.25) is 0 Å². The number of para-hydroxylation sites is 1. The monoisotopic (exact) mass is 438 g/mol. The predicted molar refractivity (Wildman–Crippen MR) is 123 cm³/mol. The Kier molecular flexibility index (Phi) is 6.35. The van der Waals surface area contributed by atoms with Crippen LogP contribution in [0.4, 0.5) is 0 Å². The number of aromatic nitrogens is 2. The van der Waals surface area contributed by atoms with Gasteiger partial charge in [0.1, 0.15) is 12.6 Å². The molecule has 0 spiro atoms. The molecule has 2 saturated carbocycles. The van der Waals surface area contributed by atoms with Crippen molar-refractivity contribution >= 4 is 28.5 Å². The highest BCUT2D eigenvalue weighted by Crippen LogP contribution is 2.27. The van der Waals surface area contributed by atoms with E-state index < -0.39 is 17.4 Å². The van der Waals surface area contributed by atoms with E-state index in [0.29, 0.717) is 5.39 Å². The van der Waals surface area contributed by atoms with Crippen molar-refractivity contribution in [2.45, 2.75) is 84.3 Å². The van der Waals surface area contributed by atoms with Gasteiger partial charge in [-0.1, -0.05) is 58.2 Å². The number of fused-ring (bicyclic) bond motifs is 1. The quantitative estimate of drug-likeness (QED) is 0.691. The molecule has 0 radical (unpaired) electrons. The lowest BCUT2D eigenvalue weighted by Gasteiger charge is -2.30. The van der Waals surface area contributed by atoms with Crippen molar-refractivity contribution in [1.82, 2.24) is 20.4 Å². The second-order valence-corrected chi connectivity index (χ2v) is 10.4. The van der Waals surface area contributed by atoms with Gasteiger partial charge < -0.3 is 10.6 Å². The topological polar surface area (TPSA) is 93.1 Å². The Balaban J connectivity index is 1.56. The number of ketones is 1. The summed E-state index contributed by atoms with van der Waals surface area (Å²) in [5, 5.41) is 11.2. The Morgan fingerprint density at radius 2 is 1.75 bits per heavy atom. The second kappa shape index (κ2) is 9.04. The standard InChI is InChI=1S/C25H34N4O3/c1-25(2,3)22(24(32)26-17-13-14-17)27-23(31)21-18-11-7-8-12-19(18)29(28-21)15-20(30)16-9-5-4-6-10-16/h7-8,11-12,16-17,22H,4-6,9-10,13-15H2,1-3H3,(H,26,32)(H,27,31)/t22-/m1/s1. The van der Waals surface area contributed by atoms with E-state index in [9.17, 15) is 14.4 Å². The van der Waals surface area contributed by atoms with E-state index in [4.69, 9.17) is 0 Å². The molecule has 32 heavy (non-hydrogen) atoms. The Morgan fingerprint density at radius 1 is 1.06 bits per heavy atom. The minimum absolute atomic E-state index is 0.0837. The zero-order valence-electron chi connectivity index (χ0n) is 19.3. The summed E-state index contributed by atoms with van der Waals surface area (Å²) >= 11 is 0. The first-order chi connectivity index (χ1) is 15.2. The Morgan fingerprint density at radius 3 is 2.41 bits per heavy atom. The van der Waals surface area contributed by atoms with Crippen molar-refractivity contribution < 1.29 is 14.4 Å². The minimum Gasteiger partial charge on any atom is -0.352 e. The number of rotatable bonds is 7. The third-order valence-electron chi connectivity index (χ3n) is 6.57. The summed E-state index contributed by atoms with van der Waals surface area (Å²) in [6, 6.07) is 7.01. The molecule has 1 aromatic carbocycles. The minimum atomic E-state index is -0.677. The average Bonchev–Trinajstić information content (AvgIpc) is 3.51. The normalized spacial score (nSPS) is 18.3. The van der Waals surface area contributed by atoms with E-state index in [0.717, 1.165) is 44.0 Å². The summed E-state index contributed by atoms with van der Waals surface area (Å²) in [5.41, 5.74) is 0.561. The molecule has 2 N–H and O–H groups in total. The molecule has 7 nitrogen and oxygen atoms in total.